The molecule has 9 nitrogen and oxygen atoms in total. The molecular weight excluding hydrogens is 614 g/mol. The smallest absolute Gasteiger partial charge is 0.407 e. The summed E-state index contributed by atoms with van der Waals surface area (Å²) < 4.78 is 0. The Bertz CT molecular complexity index is 1690. The van der Waals surface area contributed by atoms with Crippen molar-refractivity contribution in [1.29, 1.82) is 0 Å². The van der Waals surface area contributed by atoms with Crippen molar-refractivity contribution in [3.8, 4) is 0 Å². The Morgan fingerprint density at radius 3 is 2.53 bits per heavy atom. The van der Waals surface area contributed by atoms with Gasteiger partial charge in [-0.3, -0.25) is 9.69 Å². The van der Waals surface area contributed by atoms with E-state index in [4.69, 9.17) is 11.6 Å². The molecule has 2 aliphatic heterocycles. The number of H-pyrrole nitrogens is 1. The van der Waals surface area contributed by atoms with E-state index >= 15 is 0 Å². The van der Waals surface area contributed by atoms with Crippen LogP contribution in [0.5, 0.6) is 0 Å². The second-order valence-electron chi connectivity index (χ2n) is 12.8. The van der Waals surface area contributed by atoms with E-state index in [9.17, 15) is 19.5 Å². The number of aromatic nitrogens is 1. The van der Waals surface area contributed by atoms with Gasteiger partial charge in [0.2, 0.25) is 0 Å². The number of nitrogens with zero attached hydrogens (tertiary/aromatic N) is 3. The molecule has 3 aromatic carbocycles. The summed E-state index contributed by atoms with van der Waals surface area (Å²) in [6, 6.07) is 24.4. The lowest BCUT2D eigenvalue weighted by molar-refractivity contribution is -0.127. The predicted molar refractivity (Wildman–Crippen MR) is 184 cm³/mol. The average molecular weight is 656 g/mol. The van der Waals surface area contributed by atoms with Gasteiger partial charge in [-0.25, -0.2) is 9.59 Å². The van der Waals surface area contributed by atoms with Gasteiger partial charge in [-0.1, -0.05) is 72.3 Å². The third kappa shape index (κ3) is 8.15. The number of hydrogen-bond acceptors (Lipinski definition) is 4. The van der Waals surface area contributed by atoms with E-state index in [1.54, 1.807) is 0 Å². The van der Waals surface area contributed by atoms with Gasteiger partial charge in [0.15, 0.2) is 0 Å². The Balaban J connectivity index is 1.03. The number of nitrogens with one attached hydrogen (secondary N) is 2. The Hall–Kier alpha value is -4.34. The zero-order valence-electron chi connectivity index (χ0n) is 26.5. The lowest BCUT2D eigenvalue weighted by Gasteiger charge is -2.34. The number of rotatable bonds is 13. The summed E-state index contributed by atoms with van der Waals surface area (Å²) in [4.78, 5) is 47.1. The summed E-state index contributed by atoms with van der Waals surface area (Å²) >= 11 is 6.38. The number of imide groups is 1. The minimum atomic E-state index is -0.882. The Morgan fingerprint density at radius 2 is 1.77 bits per heavy atom. The highest BCUT2D eigenvalue weighted by Crippen LogP contribution is 2.29. The normalized spacial score (nSPS) is 18.1. The predicted octanol–water partition coefficient (Wildman–Crippen LogP) is 6.74. The van der Waals surface area contributed by atoms with Gasteiger partial charge >= 0.3 is 12.1 Å². The lowest BCUT2D eigenvalue weighted by atomic mass is 9.91. The molecule has 0 radical (unpaired) electrons. The summed E-state index contributed by atoms with van der Waals surface area (Å²) in [6.45, 7) is 3.93. The molecule has 0 bridgehead atoms. The van der Waals surface area contributed by atoms with Gasteiger partial charge in [-0.05, 0) is 86.1 Å². The number of likely N-dealkylation sites (tertiary alicyclic amines) is 1. The van der Waals surface area contributed by atoms with E-state index < -0.39 is 12.1 Å². The third-order valence-electron chi connectivity index (χ3n) is 9.72. The van der Waals surface area contributed by atoms with Gasteiger partial charge in [-0.2, -0.15) is 0 Å². The van der Waals surface area contributed by atoms with Crippen LogP contribution in [0, 0.1) is 5.92 Å². The van der Waals surface area contributed by atoms with E-state index in [0.29, 0.717) is 30.5 Å². The van der Waals surface area contributed by atoms with E-state index in [2.05, 4.69) is 15.2 Å². The molecule has 2 atom stereocenters. The second kappa shape index (κ2) is 15.0. The van der Waals surface area contributed by atoms with Crippen molar-refractivity contribution >= 4 is 40.5 Å². The molecule has 1 unspecified atom stereocenters. The molecule has 6 rings (SSSR count). The van der Waals surface area contributed by atoms with Crippen LogP contribution in [0.3, 0.4) is 0 Å². The number of carbonyl (C=O) groups excluding carboxylic acids is 2. The largest absolute Gasteiger partial charge is 0.465 e. The fraction of sp³-hybridized carbons (Fsp3) is 0.378. The van der Waals surface area contributed by atoms with Crippen molar-refractivity contribution in [2.45, 2.75) is 50.6 Å². The molecule has 2 fully saturated rings. The molecule has 1 aromatic heterocycles. The Morgan fingerprint density at radius 1 is 1.00 bits per heavy atom. The van der Waals surface area contributed by atoms with Crippen LogP contribution in [0.4, 0.5) is 9.59 Å². The molecule has 4 amide bonds. The van der Waals surface area contributed by atoms with Crippen LogP contribution in [0.15, 0.2) is 85.1 Å². The highest BCUT2D eigenvalue weighted by Gasteiger charge is 2.39. The maximum atomic E-state index is 13.6. The van der Waals surface area contributed by atoms with Crippen LogP contribution in [-0.4, -0.2) is 81.6 Å². The first-order valence-electron chi connectivity index (χ1n) is 16.5. The number of piperidine rings is 1. The Labute approximate surface area is 280 Å². The summed E-state index contributed by atoms with van der Waals surface area (Å²) in [5, 5.41) is 14.4. The summed E-state index contributed by atoms with van der Waals surface area (Å²) in [7, 11) is 0. The number of urea groups is 1. The van der Waals surface area contributed by atoms with E-state index in [0.717, 1.165) is 72.9 Å². The summed E-state index contributed by atoms with van der Waals surface area (Å²) in [5.74, 6) is 0.221. The monoisotopic (exact) mass is 655 g/mol. The molecule has 246 valence electrons. The van der Waals surface area contributed by atoms with Gasteiger partial charge in [0.25, 0.3) is 5.91 Å². The van der Waals surface area contributed by atoms with Crippen LogP contribution in [0.1, 0.15) is 48.3 Å². The molecule has 2 saturated heterocycles. The quantitative estimate of drug-likeness (QED) is 0.138. The van der Waals surface area contributed by atoms with E-state index in [-0.39, 0.29) is 24.4 Å². The van der Waals surface area contributed by atoms with Crippen LogP contribution in [-0.2, 0) is 17.8 Å². The number of carboxylic acid groups (broad SMARTS) is 1. The molecular formula is C37H42ClN5O4. The summed E-state index contributed by atoms with van der Waals surface area (Å²) in [6.07, 6.45) is 5.12. The van der Waals surface area contributed by atoms with Crippen molar-refractivity contribution in [1.82, 2.24) is 25.0 Å². The topological polar surface area (TPSA) is 109 Å². The minimum Gasteiger partial charge on any atom is -0.465 e. The number of amides is 4. The van der Waals surface area contributed by atoms with Crippen LogP contribution < -0.4 is 5.32 Å². The van der Waals surface area contributed by atoms with Crippen LogP contribution in [0.2, 0.25) is 5.02 Å². The molecule has 4 aromatic rings. The fourth-order valence-corrected chi connectivity index (χ4v) is 7.17. The SMILES string of the molecule is O=C(O)N(CCC1CCN(CCC(CN2C(=O)N[C@@H](Cc3c[nH]c4ccccc34)C2=O)c2cccc(Cl)c2)CC1)Cc1ccccc1. The van der Waals surface area contributed by atoms with E-state index in [1.807, 2.05) is 85.1 Å². The zero-order chi connectivity index (χ0) is 32.8. The first kappa shape index (κ1) is 32.6. The third-order valence-corrected chi connectivity index (χ3v) is 9.96. The highest BCUT2D eigenvalue weighted by atomic mass is 35.5. The standard InChI is InChI=1S/C37H42ClN5O4/c38-31-10-6-9-28(21-31)29(25-43-35(44)34(40-36(43)45)22-30-23-39-33-12-5-4-11-32(30)33)16-19-41-17-13-26(14-18-41)15-20-42(37(46)47)24-27-7-2-1-3-8-27/h1-12,21,23,26,29,34,39H,13-20,22,24-25H2,(H,40,45)(H,46,47)/t29?,34-/m0/s1. The number of carbonyl (C=O) groups is 3. The molecule has 3 N–H and O–H groups in total. The molecule has 2 aliphatic rings. The van der Waals surface area contributed by atoms with Crippen molar-refractivity contribution in [3.05, 3.63) is 107 Å². The van der Waals surface area contributed by atoms with Crippen molar-refractivity contribution < 1.29 is 19.5 Å². The average Bonchev–Trinajstić information content (AvgIpc) is 3.61. The number of hydrogen-bond donors (Lipinski definition) is 3. The van der Waals surface area contributed by atoms with Gasteiger partial charge in [0, 0.05) is 54.1 Å². The van der Waals surface area contributed by atoms with Crippen LogP contribution in [0.25, 0.3) is 10.9 Å². The molecule has 0 saturated carbocycles. The second-order valence-corrected chi connectivity index (χ2v) is 13.3. The summed E-state index contributed by atoms with van der Waals surface area (Å²) in [5.41, 5.74) is 4.02. The van der Waals surface area contributed by atoms with Crippen LogP contribution >= 0.6 is 11.6 Å². The lowest BCUT2D eigenvalue weighted by Crippen LogP contribution is -2.39. The number of para-hydroxylation sites is 1. The van der Waals surface area contributed by atoms with Gasteiger partial charge in [0.1, 0.15) is 6.04 Å². The zero-order valence-corrected chi connectivity index (χ0v) is 27.2. The number of benzene rings is 3. The Kier molecular flexibility index (Phi) is 10.4. The van der Waals surface area contributed by atoms with Gasteiger partial charge in [0.05, 0.1) is 0 Å². The van der Waals surface area contributed by atoms with Crippen molar-refractivity contribution in [2.75, 3.05) is 32.7 Å². The van der Waals surface area contributed by atoms with Crippen molar-refractivity contribution in [3.63, 3.8) is 0 Å². The molecule has 3 heterocycles. The first-order chi connectivity index (χ1) is 22.8. The maximum absolute atomic E-state index is 13.6. The first-order valence-corrected chi connectivity index (χ1v) is 16.9. The van der Waals surface area contributed by atoms with Gasteiger partial charge < -0.3 is 25.2 Å². The van der Waals surface area contributed by atoms with Crippen molar-refractivity contribution in [2.24, 2.45) is 5.92 Å². The van der Waals surface area contributed by atoms with E-state index in [1.165, 1.54) is 9.80 Å². The molecule has 0 aliphatic carbocycles. The number of aromatic amines is 1. The molecule has 0 spiro atoms. The number of halogens is 1. The fourth-order valence-electron chi connectivity index (χ4n) is 6.97. The molecule has 10 heteroatoms. The minimum absolute atomic E-state index is 0.0601. The van der Waals surface area contributed by atoms with Gasteiger partial charge in [-0.15, -0.1) is 0 Å². The maximum Gasteiger partial charge on any atom is 0.407 e. The number of fused-ring (bicyclic) bond motifs is 1. The molecule has 47 heavy (non-hydrogen) atoms. The highest BCUT2D eigenvalue weighted by molar-refractivity contribution is 6.30.